The van der Waals surface area contributed by atoms with Crippen molar-refractivity contribution in [2.75, 3.05) is 88.7 Å². The largest absolute Gasteiger partial charge is 0.358 e. The molecule has 0 aromatic heterocycles. The number of nitrogens with zero attached hydrogens (tertiary/aromatic N) is 6. The molecule has 4 heterocycles. The number of benzene rings is 3. The van der Waals surface area contributed by atoms with Crippen LogP contribution in [0.3, 0.4) is 0 Å². The minimum Gasteiger partial charge on any atom is -0.358 e. The molecule has 464 valence electrons. The van der Waals surface area contributed by atoms with Crippen LogP contribution in [0.25, 0.3) is 0 Å². The monoisotopic (exact) mass is 1240 g/mol. The summed E-state index contributed by atoms with van der Waals surface area (Å²) in [6.07, 6.45) is 6.79. The number of carbonyl (C=O) groups is 3. The van der Waals surface area contributed by atoms with E-state index in [9.17, 15) is 37.1 Å². The van der Waals surface area contributed by atoms with E-state index in [1.54, 1.807) is 51.1 Å². The average Bonchev–Trinajstić information content (AvgIpc) is 4.37. The Balaban J connectivity index is 0.000000323. The van der Waals surface area contributed by atoms with E-state index in [4.69, 9.17) is 34.2 Å². The van der Waals surface area contributed by atoms with Crippen LogP contribution in [0.4, 0.5) is 17.1 Å². The molecule has 0 saturated carbocycles. The van der Waals surface area contributed by atoms with Crippen molar-refractivity contribution in [2.45, 2.75) is 163 Å². The molecular formula is C59H92N8O14V2-2. The van der Waals surface area contributed by atoms with Gasteiger partial charge in [0.25, 0.3) is 5.91 Å². The predicted octanol–water partition coefficient (Wildman–Crippen LogP) is 8.45. The van der Waals surface area contributed by atoms with Crippen LogP contribution in [0.5, 0.6) is 17.2 Å². The number of anilines is 3. The number of fused-ring (bicyclic) bond motifs is 2. The Kier molecular flexibility index (Phi) is 32.0. The molecule has 1 unspecified atom stereocenters. The first kappa shape index (κ1) is 72.3. The van der Waals surface area contributed by atoms with Crippen LogP contribution in [-0.2, 0) is 53.7 Å². The standard InChI is InChI=1S/C19H27N3O4.C19H29N3O4.C19H30N2O4.2CH3.2O.2V/c1-12(2)25-8-5-9-26-17-11-16-14(10-13(17)3)18(23)21-7-4-6-15(21)19(24)22(16)20;1-13(2)25-8-5-9-26-18-11-17(21-20)16(10-14(18)3)19(24)22-7-4-6-15(22)12-23;1-13(2)24-8-5-9-25-18-11-17(20)16(10-14(18)3)19(23)21-7-4-6-15(21)12-22;;;;;;/h10-12,15,19,24H,4-9H2,1-3H3;10-11,13,15,21,23H,4-9,12H2,1-3H3;10-11,13,15,22H,4-9,12,20H2,1-3H3;2*1H3;;;;/q;;;2*-1;;;;/t15-,19?;2*15-;;;;;;/m000....../s1. The predicted molar refractivity (Wildman–Crippen MR) is 309 cm³/mol. The SMILES string of the molecule is Cc1cc(C(=O)N2CCC[C@H]2CO)c(N)cc1OCCCOC(C)C.Cc1cc(C(=O)N2CCC[C@H]2CO)c(N[N]=[V]=[O])cc1OCCCOC(C)C.Cc1cc2c(cc1OCCCOC(C)C)N([N]=[V]=[O])C(O)[C@@H]1CCCN1C2=O.[CH3-].[CH3-]. The Morgan fingerprint density at radius 3 is 1.59 bits per heavy atom. The number of hydrogen-bond acceptors (Lipinski definition) is 19. The van der Waals surface area contributed by atoms with Crippen molar-refractivity contribution in [3.05, 3.63) is 84.6 Å². The molecule has 0 radical (unpaired) electrons. The van der Waals surface area contributed by atoms with Crippen LogP contribution in [0.15, 0.2) is 44.2 Å². The molecule has 4 aliphatic heterocycles. The second-order valence-corrected chi connectivity index (χ2v) is 22.4. The zero-order valence-corrected chi connectivity index (χ0v) is 53.4. The van der Waals surface area contributed by atoms with Crippen molar-refractivity contribution < 1.29 is 97.6 Å². The maximum atomic E-state index is 13.1. The van der Waals surface area contributed by atoms with E-state index in [1.165, 1.54) is 5.01 Å². The quantitative estimate of drug-likeness (QED) is 0.0230. The number of ether oxygens (including phenoxy) is 6. The first-order valence-electron chi connectivity index (χ1n) is 28.2. The molecule has 3 amide bonds. The van der Waals surface area contributed by atoms with Gasteiger partial charge < -0.3 is 40.1 Å². The molecule has 0 spiro atoms. The minimum atomic E-state index is -1.56. The Morgan fingerprint density at radius 2 is 1.11 bits per heavy atom. The summed E-state index contributed by atoms with van der Waals surface area (Å²) in [5, 5.41) is 31.1. The smallest absolute Gasteiger partial charge is 0.358 e. The van der Waals surface area contributed by atoms with Gasteiger partial charge in [0.15, 0.2) is 0 Å². The summed E-state index contributed by atoms with van der Waals surface area (Å²) < 4.78 is 64.0. The molecule has 3 aromatic rings. The number of nitrogens with one attached hydrogen (secondary N) is 1. The molecule has 83 heavy (non-hydrogen) atoms. The van der Waals surface area contributed by atoms with Crippen molar-refractivity contribution in [2.24, 2.45) is 7.80 Å². The molecule has 0 bridgehead atoms. The minimum absolute atomic E-state index is 0. The first-order valence-corrected chi connectivity index (χ1v) is 30.6. The number of nitrogens with two attached hydrogens (primary N) is 1. The number of carbonyl (C=O) groups excluding carboxylic acids is 3. The number of aliphatic hydroxyl groups excluding tert-OH is 3. The third kappa shape index (κ3) is 20.9. The Bertz CT molecular complexity index is 2650. The summed E-state index contributed by atoms with van der Waals surface area (Å²) in [5.74, 6) is 1.54. The second-order valence-electron chi connectivity index (χ2n) is 21.3. The molecule has 4 aliphatic rings. The summed E-state index contributed by atoms with van der Waals surface area (Å²) in [6.45, 7) is 22.8. The number of amides is 3. The maximum absolute atomic E-state index is 13.1. The van der Waals surface area contributed by atoms with Crippen molar-refractivity contribution >= 4 is 34.8 Å². The molecule has 7 rings (SSSR count). The molecular weight excluding hydrogens is 1150 g/mol. The van der Waals surface area contributed by atoms with E-state index in [2.05, 4.69) is 13.2 Å². The van der Waals surface area contributed by atoms with Crippen molar-refractivity contribution in [1.82, 2.24) is 14.7 Å². The van der Waals surface area contributed by atoms with Crippen LogP contribution < -0.4 is 30.4 Å². The summed E-state index contributed by atoms with van der Waals surface area (Å²) in [5.41, 5.74) is 14.0. The third-order valence-corrected chi connectivity index (χ3v) is 14.8. The maximum Gasteiger partial charge on any atom is -0.358 e. The molecule has 3 saturated heterocycles. The van der Waals surface area contributed by atoms with Gasteiger partial charge in [-0.2, -0.15) is 0 Å². The summed E-state index contributed by atoms with van der Waals surface area (Å²) >= 11 is -3.00. The van der Waals surface area contributed by atoms with E-state index >= 15 is 0 Å². The van der Waals surface area contributed by atoms with Gasteiger partial charge in [-0.1, -0.05) is 0 Å². The van der Waals surface area contributed by atoms with E-state index in [0.717, 1.165) is 68.1 Å². The van der Waals surface area contributed by atoms with Gasteiger partial charge in [-0.25, -0.2) is 0 Å². The van der Waals surface area contributed by atoms with Gasteiger partial charge in [-0.05, 0) is 45.2 Å². The van der Waals surface area contributed by atoms with Gasteiger partial charge in [0, 0.05) is 24.7 Å². The topological polar surface area (TPSA) is 277 Å². The van der Waals surface area contributed by atoms with Gasteiger partial charge in [0.05, 0.1) is 37.5 Å². The van der Waals surface area contributed by atoms with E-state index < -0.39 is 38.3 Å². The Labute approximate surface area is 505 Å². The fraction of sp³-hybridized carbons (Fsp3) is 0.610. The summed E-state index contributed by atoms with van der Waals surface area (Å²) in [4.78, 5) is 43.9. The van der Waals surface area contributed by atoms with Gasteiger partial charge >= 0.3 is 344 Å². The molecule has 22 nitrogen and oxygen atoms in total. The van der Waals surface area contributed by atoms with Gasteiger partial charge in [-0.3, -0.25) is 4.79 Å². The Hall–Kier alpha value is -5.00. The number of nitrogen functional groups attached to an aromatic ring is 1. The van der Waals surface area contributed by atoms with E-state index in [0.29, 0.717) is 117 Å². The van der Waals surface area contributed by atoms with Crippen molar-refractivity contribution in [3.63, 3.8) is 0 Å². The van der Waals surface area contributed by atoms with E-state index in [1.807, 2.05) is 62.3 Å². The van der Waals surface area contributed by atoms with Crippen LogP contribution in [-0.4, -0.2) is 163 Å². The third-order valence-electron chi connectivity index (χ3n) is 14.1. The molecule has 24 heteroatoms. The number of rotatable bonds is 25. The molecule has 4 atom stereocenters. The molecule has 3 fully saturated rings. The number of likely N-dealkylation sites (tertiary alicyclic amines) is 2. The Morgan fingerprint density at radius 1 is 0.651 bits per heavy atom. The average molecular weight is 1240 g/mol. The molecule has 3 aromatic carbocycles. The number of hydrogen-bond donors (Lipinski definition) is 5. The molecule has 6 N–H and O–H groups in total. The van der Waals surface area contributed by atoms with Crippen LogP contribution in [0.2, 0.25) is 0 Å². The van der Waals surface area contributed by atoms with Crippen molar-refractivity contribution in [1.29, 1.82) is 0 Å². The fourth-order valence-electron chi connectivity index (χ4n) is 9.96. The summed E-state index contributed by atoms with van der Waals surface area (Å²) in [6, 6.07) is 9.84. The van der Waals surface area contributed by atoms with Crippen LogP contribution in [0, 0.1) is 35.6 Å². The van der Waals surface area contributed by atoms with E-state index in [-0.39, 0.29) is 82.2 Å². The second kappa shape index (κ2) is 36.8. The van der Waals surface area contributed by atoms with Gasteiger partial charge in [0.1, 0.15) is 5.75 Å². The first-order chi connectivity index (χ1) is 38.8. The number of aryl methyl sites for hydroxylation is 3. The fourth-order valence-corrected chi connectivity index (χ4v) is 10.6. The summed E-state index contributed by atoms with van der Waals surface area (Å²) in [7, 11) is 0. The zero-order valence-electron chi connectivity index (χ0n) is 50.6. The van der Waals surface area contributed by atoms with Gasteiger partial charge in [-0.15, -0.1) is 0 Å². The zero-order chi connectivity index (χ0) is 59.2. The number of aliphatic hydroxyl groups is 3. The van der Waals surface area contributed by atoms with Crippen LogP contribution in [0.1, 0.15) is 147 Å². The van der Waals surface area contributed by atoms with Crippen LogP contribution >= 0.6 is 0 Å². The van der Waals surface area contributed by atoms with Crippen molar-refractivity contribution in [3.8, 4) is 17.2 Å². The molecule has 0 aliphatic carbocycles. The van der Waals surface area contributed by atoms with Gasteiger partial charge in [0.2, 0.25) is 0 Å². The normalized spacial score (nSPS) is 17.8.